The fourth-order valence-corrected chi connectivity index (χ4v) is 1.24. The smallest absolute Gasteiger partial charge is 0.0841 e. The molecule has 0 aromatic heterocycles. The van der Waals surface area contributed by atoms with Crippen LogP contribution in [0, 0.1) is 6.92 Å². The molecule has 1 nitrogen and oxygen atoms in total. The fourth-order valence-electron chi connectivity index (χ4n) is 1.06. The highest BCUT2D eigenvalue weighted by Gasteiger charge is 1.98. The Balaban J connectivity index is 2.71. The minimum atomic E-state index is -0.267. The third-order valence-electron chi connectivity index (χ3n) is 1.51. The van der Waals surface area contributed by atoms with Crippen molar-refractivity contribution in [2.24, 2.45) is 5.73 Å². The second-order valence-corrected chi connectivity index (χ2v) is 3.27. The molecule has 0 aliphatic rings. The van der Waals surface area contributed by atoms with Gasteiger partial charge in [0.2, 0.25) is 0 Å². The molecule has 0 fully saturated rings. The molecular formula is C9H12ClN. The molecule has 11 heavy (non-hydrogen) atoms. The number of nitrogens with two attached hydrogens (primary N) is 1. The SMILES string of the molecule is Cc1cccc(CC(N)Cl)c1. The molecule has 1 rings (SSSR count). The highest BCUT2D eigenvalue weighted by Crippen LogP contribution is 2.06. The van der Waals surface area contributed by atoms with Crippen LogP contribution in [-0.2, 0) is 6.42 Å². The minimum Gasteiger partial charge on any atom is -0.315 e. The third kappa shape index (κ3) is 2.91. The number of halogens is 1. The molecule has 0 bridgehead atoms. The number of hydrogen-bond acceptors (Lipinski definition) is 1. The van der Waals surface area contributed by atoms with E-state index in [-0.39, 0.29) is 5.50 Å². The van der Waals surface area contributed by atoms with Gasteiger partial charge in [0.1, 0.15) is 0 Å². The molecule has 0 aliphatic carbocycles. The number of alkyl halides is 1. The molecule has 1 atom stereocenters. The van der Waals surface area contributed by atoms with E-state index in [1.54, 1.807) is 0 Å². The average Bonchev–Trinajstić information content (AvgIpc) is 1.85. The first-order valence-corrected chi connectivity index (χ1v) is 4.07. The largest absolute Gasteiger partial charge is 0.315 e. The topological polar surface area (TPSA) is 26.0 Å². The molecule has 1 unspecified atom stereocenters. The van der Waals surface area contributed by atoms with Gasteiger partial charge in [-0.3, -0.25) is 0 Å². The van der Waals surface area contributed by atoms with E-state index < -0.39 is 0 Å². The summed E-state index contributed by atoms with van der Waals surface area (Å²) in [5.74, 6) is 0. The Labute approximate surface area is 72.2 Å². The number of hydrogen-bond donors (Lipinski definition) is 1. The molecule has 0 saturated carbocycles. The zero-order chi connectivity index (χ0) is 8.27. The summed E-state index contributed by atoms with van der Waals surface area (Å²) in [4.78, 5) is 0. The first-order valence-electron chi connectivity index (χ1n) is 3.63. The van der Waals surface area contributed by atoms with E-state index >= 15 is 0 Å². The van der Waals surface area contributed by atoms with Crippen LogP contribution in [-0.4, -0.2) is 5.50 Å². The normalized spacial score (nSPS) is 13.0. The van der Waals surface area contributed by atoms with E-state index in [0.29, 0.717) is 0 Å². The molecule has 60 valence electrons. The highest BCUT2D eigenvalue weighted by atomic mass is 35.5. The lowest BCUT2D eigenvalue weighted by molar-refractivity contribution is 0.889. The summed E-state index contributed by atoms with van der Waals surface area (Å²) in [6.45, 7) is 2.06. The summed E-state index contributed by atoms with van der Waals surface area (Å²) in [5, 5.41) is 0. The van der Waals surface area contributed by atoms with E-state index in [1.165, 1.54) is 11.1 Å². The second kappa shape index (κ2) is 3.74. The summed E-state index contributed by atoms with van der Waals surface area (Å²) in [5.41, 5.74) is 7.62. The predicted octanol–water partition coefficient (Wildman–Crippen LogP) is 2.06. The van der Waals surface area contributed by atoms with Crippen LogP contribution >= 0.6 is 11.6 Å². The Morgan fingerprint density at radius 3 is 2.82 bits per heavy atom. The zero-order valence-electron chi connectivity index (χ0n) is 6.55. The van der Waals surface area contributed by atoms with Crippen molar-refractivity contribution >= 4 is 11.6 Å². The van der Waals surface area contributed by atoms with Crippen molar-refractivity contribution in [3.8, 4) is 0 Å². The molecule has 0 heterocycles. The molecule has 1 aromatic carbocycles. The van der Waals surface area contributed by atoms with Gasteiger partial charge >= 0.3 is 0 Å². The summed E-state index contributed by atoms with van der Waals surface area (Å²) in [7, 11) is 0. The van der Waals surface area contributed by atoms with Crippen molar-refractivity contribution in [2.45, 2.75) is 18.8 Å². The third-order valence-corrected chi connectivity index (χ3v) is 1.67. The summed E-state index contributed by atoms with van der Waals surface area (Å²) >= 11 is 5.64. The van der Waals surface area contributed by atoms with Crippen molar-refractivity contribution in [2.75, 3.05) is 0 Å². The van der Waals surface area contributed by atoms with Gasteiger partial charge in [0.15, 0.2) is 0 Å². The monoisotopic (exact) mass is 169 g/mol. The summed E-state index contributed by atoms with van der Waals surface area (Å²) in [6.07, 6.45) is 0.739. The molecule has 0 saturated heterocycles. The van der Waals surface area contributed by atoms with Crippen LogP contribution in [0.1, 0.15) is 11.1 Å². The maximum absolute atomic E-state index is 5.64. The van der Waals surface area contributed by atoms with Gasteiger partial charge in [-0.25, -0.2) is 0 Å². The van der Waals surface area contributed by atoms with Crippen molar-refractivity contribution in [1.82, 2.24) is 0 Å². The molecule has 0 aliphatic heterocycles. The Morgan fingerprint density at radius 1 is 1.55 bits per heavy atom. The molecule has 0 spiro atoms. The Hall–Kier alpha value is -0.530. The maximum Gasteiger partial charge on any atom is 0.0841 e. The quantitative estimate of drug-likeness (QED) is 0.533. The van der Waals surface area contributed by atoms with Gasteiger partial charge in [0.25, 0.3) is 0 Å². The first-order chi connectivity index (χ1) is 5.18. The van der Waals surface area contributed by atoms with E-state index in [2.05, 4.69) is 19.1 Å². The standard InChI is InChI=1S/C9H12ClN/c1-7-3-2-4-8(5-7)6-9(10)11/h2-5,9H,6,11H2,1H3. The van der Waals surface area contributed by atoms with Crippen LogP contribution in [0.4, 0.5) is 0 Å². The fraction of sp³-hybridized carbons (Fsp3) is 0.333. The van der Waals surface area contributed by atoms with Crippen LogP contribution in [0.15, 0.2) is 24.3 Å². The molecular weight excluding hydrogens is 158 g/mol. The molecule has 0 amide bonds. The van der Waals surface area contributed by atoms with Gasteiger partial charge in [-0.15, -0.1) is 11.6 Å². The van der Waals surface area contributed by atoms with E-state index in [4.69, 9.17) is 17.3 Å². The highest BCUT2D eigenvalue weighted by molar-refractivity contribution is 6.20. The lowest BCUT2D eigenvalue weighted by atomic mass is 10.1. The van der Waals surface area contributed by atoms with Gasteiger partial charge in [0, 0.05) is 6.42 Å². The van der Waals surface area contributed by atoms with E-state index in [9.17, 15) is 0 Å². The number of benzene rings is 1. The molecule has 1 aromatic rings. The predicted molar refractivity (Wildman–Crippen MR) is 48.7 cm³/mol. The number of rotatable bonds is 2. The zero-order valence-corrected chi connectivity index (χ0v) is 7.31. The Bertz CT molecular complexity index is 233. The number of aryl methyl sites for hydroxylation is 1. The van der Waals surface area contributed by atoms with Gasteiger partial charge in [0.05, 0.1) is 5.50 Å². The summed E-state index contributed by atoms with van der Waals surface area (Å²) < 4.78 is 0. The molecule has 2 N–H and O–H groups in total. The lowest BCUT2D eigenvalue weighted by Crippen LogP contribution is -2.14. The molecule has 0 radical (unpaired) electrons. The van der Waals surface area contributed by atoms with Gasteiger partial charge in [-0.05, 0) is 12.5 Å². The van der Waals surface area contributed by atoms with Crippen LogP contribution in [0.25, 0.3) is 0 Å². The van der Waals surface area contributed by atoms with Crippen molar-refractivity contribution < 1.29 is 0 Å². The van der Waals surface area contributed by atoms with Crippen molar-refractivity contribution in [3.05, 3.63) is 35.4 Å². The van der Waals surface area contributed by atoms with Crippen molar-refractivity contribution in [1.29, 1.82) is 0 Å². The average molecular weight is 170 g/mol. The first kappa shape index (κ1) is 8.57. The van der Waals surface area contributed by atoms with Crippen LogP contribution < -0.4 is 5.73 Å². The van der Waals surface area contributed by atoms with E-state index in [1.807, 2.05) is 12.1 Å². The van der Waals surface area contributed by atoms with Crippen LogP contribution in [0.2, 0.25) is 0 Å². The maximum atomic E-state index is 5.64. The van der Waals surface area contributed by atoms with Gasteiger partial charge < -0.3 is 5.73 Å². The Kier molecular flexibility index (Phi) is 2.92. The van der Waals surface area contributed by atoms with Gasteiger partial charge in [-0.2, -0.15) is 0 Å². The summed E-state index contributed by atoms with van der Waals surface area (Å²) in [6, 6.07) is 8.21. The van der Waals surface area contributed by atoms with E-state index in [0.717, 1.165) is 6.42 Å². The Morgan fingerprint density at radius 2 is 2.27 bits per heavy atom. The van der Waals surface area contributed by atoms with Crippen LogP contribution in [0.3, 0.4) is 0 Å². The van der Waals surface area contributed by atoms with Crippen molar-refractivity contribution in [3.63, 3.8) is 0 Å². The van der Waals surface area contributed by atoms with Crippen LogP contribution in [0.5, 0.6) is 0 Å². The molecule has 2 heteroatoms. The van der Waals surface area contributed by atoms with Gasteiger partial charge in [-0.1, -0.05) is 29.8 Å². The lowest BCUT2D eigenvalue weighted by Gasteiger charge is -2.03. The second-order valence-electron chi connectivity index (χ2n) is 2.71. The minimum absolute atomic E-state index is 0.267.